The van der Waals surface area contributed by atoms with E-state index in [1.165, 1.54) is 11.1 Å². The number of hydrogen-bond acceptors (Lipinski definition) is 1. The van der Waals surface area contributed by atoms with Crippen LogP contribution in [-0.2, 0) is 16.8 Å². The third-order valence-electron chi connectivity index (χ3n) is 3.52. The second-order valence-corrected chi connectivity index (χ2v) is 6.13. The van der Waals surface area contributed by atoms with Gasteiger partial charge >= 0.3 is 0 Å². The molecule has 0 amide bonds. The van der Waals surface area contributed by atoms with Gasteiger partial charge in [0.15, 0.2) is 0 Å². The molecule has 99 valence electrons. The molecule has 1 aromatic rings. The average Bonchev–Trinajstić information content (AvgIpc) is 2.37. The molecule has 1 aliphatic heterocycles. The van der Waals surface area contributed by atoms with Gasteiger partial charge in [0.25, 0.3) is 0 Å². The van der Waals surface area contributed by atoms with Crippen LogP contribution in [0.3, 0.4) is 0 Å². The summed E-state index contributed by atoms with van der Waals surface area (Å²) in [5, 5.41) is 4.34. The fourth-order valence-electron chi connectivity index (χ4n) is 2.21. The number of rotatable bonds is 3. The fourth-order valence-corrected chi connectivity index (χ4v) is 2.21. The zero-order valence-electron chi connectivity index (χ0n) is 11.8. The van der Waals surface area contributed by atoms with Crippen molar-refractivity contribution in [3.63, 3.8) is 0 Å². The van der Waals surface area contributed by atoms with Crippen LogP contribution in [-0.4, -0.2) is 19.2 Å². The first-order valence-corrected chi connectivity index (χ1v) is 6.90. The van der Waals surface area contributed by atoms with Crippen molar-refractivity contribution in [3.05, 3.63) is 35.4 Å². The Labute approximate surface area is 111 Å². The molecule has 1 saturated heterocycles. The zero-order chi connectivity index (χ0) is 13.0. The summed E-state index contributed by atoms with van der Waals surface area (Å²) in [5.74, 6) is 0. The lowest BCUT2D eigenvalue weighted by Gasteiger charge is -2.22. The molecule has 0 spiro atoms. The van der Waals surface area contributed by atoms with Crippen molar-refractivity contribution in [2.24, 2.45) is 0 Å². The van der Waals surface area contributed by atoms with E-state index < -0.39 is 0 Å². The van der Waals surface area contributed by atoms with E-state index >= 15 is 0 Å². The molecule has 0 aliphatic carbocycles. The summed E-state index contributed by atoms with van der Waals surface area (Å²) in [4.78, 5) is 0. The normalized spacial score (nSPS) is 17.9. The van der Waals surface area contributed by atoms with Gasteiger partial charge in [-0.15, -0.1) is 0 Å². The van der Waals surface area contributed by atoms with Crippen LogP contribution in [0.2, 0.25) is 0 Å². The fraction of sp³-hybridized carbons (Fsp3) is 0.625. The lowest BCUT2D eigenvalue weighted by atomic mass is 9.87. The van der Waals surface area contributed by atoms with E-state index in [0.29, 0.717) is 6.10 Å². The van der Waals surface area contributed by atoms with Gasteiger partial charge in [0.2, 0.25) is 0 Å². The maximum atomic E-state index is 5.93. The van der Waals surface area contributed by atoms with E-state index in [-0.39, 0.29) is 5.41 Å². The molecule has 0 unspecified atom stereocenters. The molecule has 0 aromatic heterocycles. The molecule has 2 rings (SSSR count). The number of nitrogens with zero attached hydrogens (tertiary/aromatic N) is 1. The molecule has 1 radical (unpaired) electrons. The summed E-state index contributed by atoms with van der Waals surface area (Å²) in [5.41, 5.74) is 2.87. The Morgan fingerprint density at radius 3 is 2.28 bits per heavy atom. The smallest absolute Gasteiger partial charge is 0.0720 e. The highest BCUT2D eigenvalue weighted by molar-refractivity contribution is 5.27. The number of benzene rings is 1. The Balaban J connectivity index is 1.86. The van der Waals surface area contributed by atoms with Crippen molar-refractivity contribution in [3.8, 4) is 0 Å². The molecule has 18 heavy (non-hydrogen) atoms. The molecule has 1 aromatic carbocycles. The Morgan fingerprint density at radius 2 is 1.72 bits per heavy atom. The molecule has 1 heterocycles. The third kappa shape index (κ3) is 3.82. The van der Waals surface area contributed by atoms with Gasteiger partial charge < -0.3 is 4.74 Å². The molecule has 2 heteroatoms. The molecule has 2 nitrogen and oxygen atoms in total. The summed E-state index contributed by atoms with van der Waals surface area (Å²) in [7, 11) is 0. The van der Waals surface area contributed by atoms with E-state index in [1.807, 2.05) is 0 Å². The summed E-state index contributed by atoms with van der Waals surface area (Å²) >= 11 is 0. The van der Waals surface area contributed by atoms with Gasteiger partial charge in [0, 0.05) is 13.1 Å². The van der Waals surface area contributed by atoms with Crippen LogP contribution in [0.5, 0.6) is 0 Å². The van der Waals surface area contributed by atoms with Gasteiger partial charge in [0.1, 0.15) is 0 Å². The SMILES string of the molecule is CC(C)(C)c1ccc(COC2CC[N]CC2)cc1. The maximum Gasteiger partial charge on any atom is 0.0720 e. The van der Waals surface area contributed by atoms with Crippen LogP contribution in [0.1, 0.15) is 44.7 Å². The standard InChI is InChI=1S/C16H24NO/c1-16(2,3)14-6-4-13(5-7-14)12-18-15-8-10-17-11-9-15/h4-7,15H,8-12H2,1-3H3. The van der Waals surface area contributed by atoms with Gasteiger partial charge in [0.05, 0.1) is 12.7 Å². The Kier molecular flexibility index (Phi) is 4.41. The number of hydrogen-bond donors (Lipinski definition) is 0. The van der Waals surface area contributed by atoms with Crippen LogP contribution in [0.25, 0.3) is 0 Å². The Morgan fingerprint density at radius 1 is 1.11 bits per heavy atom. The van der Waals surface area contributed by atoms with E-state index in [2.05, 4.69) is 50.4 Å². The van der Waals surface area contributed by atoms with Gasteiger partial charge in [-0.25, -0.2) is 5.32 Å². The molecule has 1 aliphatic rings. The monoisotopic (exact) mass is 246 g/mol. The minimum absolute atomic E-state index is 0.226. The van der Waals surface area contributed by atoms with Crippen molar-refractivity contribution in [2.45, 2.75) is 51.7 Å². The third-order valence-corrected chi connectivity index (χ3v) is 3.52. The van der Waals surface area contributed by atoms with Crippen molar-refractivity contribution in [1.29, 1.82) is 0 Å². The Hall–Kier alpha value is -0.860. The maximum absolute atomic E-state index is 5.93. The molecular formula is C16H24NO. The topological polar surface area (TPSA) is 23.3 Å². The minimum Gasteiger partial charge on any atom is -0.373 e. The average molecular weight is 246 g/mol. The number of ether oxygens (including phenoxy) is 1. The van der Waals surface area contributed by atoms with Crippen LogP contribution >= 0.6 is 0 Å². The zero-order valence-corrected chi connectivity index (χ0v) is 11.8. The second-order valence-electron chi connectivity index (χ2n) is 6.13. The van der Waals surface area contributed by atoms with Crippen LogP contribution in [0.4, 0.5) is 0 Å². The summed E-state index contributed by atoms with van der Waals surface area (Å²) in [6.45, 7) is 9.38. The van der Waals surface area contributed by atoms with Crippen molar-refractivity contribution in [2.75, 3.05) is 13.1 Å². The Bertz CT molecular complexity index is 358. The second kappa shape index (κ2) is 5.85. The summed E-state index contributed by atoms with van der Waals surface area (Å²) in [6, 6.07) is 8.81. The number of piperidine rings is 1. The van der Waals surface area contributed by atoms with Crippen LogP contribution in [0.15, 0.2) is 24.3 Å². The highest BCUT2D eigenvalue weighted by Gasteiger charge is 2.15. The van der Waals surface area contributed by atoms with E-state index in [4.69, 9.17) is 4.74 Å². The molecule has 0 atom stereocenters. The predicted molar refractivity (Wildman–Crippen MR) is 74.8 cm³/mol. The minimum atomic E-state index is 0.226. The van der Waals surface area contributed by atoms with Gasteiger partial charge in [-0.1, -0.05) is 45.0 Å². The first-order chi connectivity index (χ1) is 8.55. The van der Waals surface area contributed by atoms with Crippen molar-refractivity contribution < 1.29 is 4.74 Å². The first-order valence-electron chi connectivity index (χ1n) is 6.90. The summed E-state index contributed by atoms with van der Waals surface area (Å²) < 4.78 is 5.93. The highest BCUT2D eigenvalue weighted by atomic mass is 16.5. The quantitative estimate of drug-likeness (QED) is 0.803. The predicted octanol–water partition coefficient (Wildman–Crippen LogP) is 3.27. The lowest BCUT2D eigenvalue weighted by molar-refractivity contribution is 0.0207. The molecule has 1 fully saturated rings. The van der Waals surface area contributed by atoms with Crippen molar-refractivity contribution in [1.82, 2.24) is 5.32 Å². The molecule has 0 saturated carbocycles. The van der Waals surface area contributed by atoms with E-state index in [1.54, 1.807) is 0 Å². The van der Waals surface area contributed by atoms with Gasteiger partial charge in [-0.3, -0.25) is 0 Å². The largest absolute Gasteiger partial charge is 0.373 e. The van der Waals surface area contributed by atoms with Gasteiger partial charge in [-0.05, 0) is 29.4 Å². The van der Waals surface area contributed by atoms with Crippen LogP contribution < -0.4 is 5.32 Å². The highest BCUT2D eigenvalue weighted by Crippen LogP contribution is 2.22. The summed E-state index contributed by atoms with van der Waals surface area (Å²) in [6.07, 6.45) is 2.57. The first kappa shape index (κ1) is 13.6. The van der Waals surface area contributed by atoms with E-state index in [0.717, 1.165) is 32.5 Å². The molecule has 0 bridgehead atoms. The molecular weight excluding hydrogens is 222 g/mol. The van der Waals surface area contributed by atoms with E-state index in [9.17, 15) is 0 Å². The van der Waals surface area contributed by atoms with Crippen molar-refractivity contribution >= 4 is 0 Å². The molecule has 0 N–H and O–H groups in total. The lowest BCUT2D eigenvalue weighted by Crippen LogP contribution is -2.28. The van der Waals surface area contributed by atoms with Crippen LogP contribution in [0, 0.1) is 0 Å². The van der Waals surface area contributed by atoms with Gasteiger partial charge in [-0.2, -0.15) is 0 Å².